The van der Waals surface area contributed by atoms with E-state index in [2.05, 4.69) is 9.60 Å². The first kappa shape index (κ1) is 8.09. The fraction of sp³-hybridized carbons (Fsp3) is 1.00. The minimum absolute atomic E-state index is 0.659. The van der Waals surface area contributed by atoms with Crippen molar-refractivity contribution < 1.29 is 13.0 Å². The van der Waals surface area contributed by atoms with Crippen LogP contribution < -0.4 is 5.32 Å². The van der Waals surface area contributed by atoms with Crippen LogP contribution in [0.4, 0.5) is 0 Å². The number of rotatable bonds is 2. The van der Waals surface area contributed by atoms with E-state index in [9.17, 15) is 4.21 Å². The third kappa shape index (κ3) is 2.72. The number of hydrogen-bond donors (Lipinski definition) is 2. The van der Waals surface area contributed by atoms with Gasteiger partial charge in [-0.3, -0.25) is 4.55 Å². The van der Waals surface area contributed by atoms with E-state index in [1.807, 2.05) is 0 Å². The summed E-state index contributed by atoms with van der Waals surface area (Å²) in [4.78, 5) is 0. The Balaban J connectivity index is 2.19. The van der Waals surface area contributed by atoms with Crippen molar-refractivity contribution in [1.29, 1.82) is 0 Å². The Bertz CT molecular complexity index is 126. The van der Waals surface area contributed by atoms with Crippen molar-refractivity contribution in [2.24, 2.45) is 0 Å². The molecule has 0 spiro atoms. The molecule has 1 atom stereocenters. The van der Waals surface area contributed by atoms with Crippen LogP contribution in [0.5, 0.6) is 0 Å². The monoisotopic (exact) mass is 166 g/mol. The molecule has 1 aliphatic heterocycles. The highest BCUT2D eigenvalue weighted by atomic mass is 32.2. The standard InChI is InChI=1S/C4H10N2O3S/c7-10(8)9-6-3-1-5-2-4-6/h5H,1-4H2,(H,7,8). The molecule has 0 aliphatic carbocycles. The fourth-order valence-corrected chi connectivity index (χ4v) is 1.14. The molecule has 0 saturated carbocycles. The van der Waals surface area contributed by atoms with Crippen molar-refractivity contribution in [3.05, 3.63) is 0 Å². The van der Waals surface area contributed by atoms with Crippen LogP contribution in [0.3, 0.4) is 0 Å². The molecule has 0 radical (unpaired) electrons. The van der Waals surface area contributed by atoms with Crippen molar-refractivity contribution >= 4 is 11.4 Å². The summed E-state index contributed by atoms with van der Waals surface area (Å²) in [6.45, 7) is 2.92. The predicted molar refractivity (Wildman–Crippen MR) is 36.3 cm³/mol. The van der Waals surface area contributed by atoms with Crippen LogP contribution in [0.15, 0.2) is 0 Å². The van der Waals surface area contributed by atoms with Gasteiger partial charge in [-0.25, -0.2) is 0 Å². The zero-order chi connectivity index (χ0) is 7.40. The van der Waals surface area contributed by atoms with E-state index >= 15 is 0 Å². The summed E-state index contributed by atoms with van der Waals surface area (Å²) in [5.41, 5.74) is 0. The maximum atomic E-state index is 10.1. The minimum Gasteiger partial charge on any atom is -0.314 e. The Kier molecular flexibility index (Phi) is 3.23. The molecule has 0 aromatic rings. The summed E-state index contributed by atoms with van der Waals surface area (Å²) < 4.78 is 22.9. The van der Waals surface area contributed by atoms with E-state index in [-0.39, 0.29) is 0 Å². The average molecular weight is 166 g/mol. The molecular weight excluding hydrogens is 156 g/mol. The largest absolute Gasteiger partial charge is 0.319 e. The van der Waals surface area contributed by atoms with Gasteiger partial charge in [-0.2, -0.15) is 13.6 Å². The molecule has 60 valence electrons. The normalized spacial score (nSPS) is 24.5. The first-order valence-corrected chi connectivity index (χ1v) is 4.07. The molecule has 1 aliphatic rings. The van der Waals surface area contributed by atoms with Crippen molar-refractivity contribution in [3.8, 4) is 0 Å². The molecule has 0 bridgehead atoms. The highest BCUT2D eigenvalue weighted by Gasteiger charge is 2.11. The van der Waals surface area contributed by atoms with Crippen LogP contribution in [-0.4, -0.2) is 40.0 Å². The van der Waals surface area contributed by atoms with E-state index in [1.165, 1.54) is 5.06 Å². The Morgan fingerprint density at radius 3 is 2.60 bits per heavy atom. The van der Waals surface area contributed by atoms with Gasteiger partial charge in [0.2, 0.25) is 0 Å². The van der Waals surface area contributed by atoms with E-state index in [1.54, 1.807) is 0 Å². The zero-order valence-electron chi connectivity index (χ0n) is 5.45. The van der Waals surface area contributed by atoms with Gasteiger partial charge in [-0.1, -0.05) is 0 Å². The van der Waals surface area contributed by atoms with Gasteiger partial charge < -0.3 is 5.32 Å². The quantitative estimate of drug-likeness (QED) is 0.513. The molecular formula is C4H10N2O3S. The van der Waals surface area contributed by atoms with Crippen LogP contribution in [0.25, 0.3) is 0 Å². The Hall–Kier alpha value is -0.0100. The lowest BCUT2D eigenvalue weighted by atomic mass is 10.4. The number of piperazine rings is 1. The Labute approximate surface area is 61.8 Å². The molecule has 1 rings (SSSR count). The third-order valence-corrected chi connectivity index (χ3v) is 1.58. The fourth-order valence-electron chi connectivity index (χ4n) is 0.809. The summed E-state index contributed by atoms with van der Waals surface area (Å²) in [5, 5.41) is 4.56. The lowest BCUT2D eigenvalue weighted by Gasteiger charge is -2.23. The third-order valence-electron chi connectivity index (χ3n) is 1.25. The second-order valence-corrected chi connectivity index (χ2v) is 2.55. The number of nitrogens with one attached hydrogen (secondary N) is 1. The lowest BCUT2D eigenvalue weighted by molar-refractivity contribution is -0.0609. The minimum atomic E-state index is -2.16. The van der Waals surface area contributed by atoms with Crippen LogP contribution in [0, 0.1) is 0 Å². The van der Waals surface area contributed by atoms with E-state index < -0.39 is 11.4 Å². The maximum absolute atomic E-state index is 10.1. The molecule has 1 heterocycles. The summed E-state index contributed by atoms with van der Waals surface area (Å²) in [7, 11) is 0. The first-order valence-electron chi connectivity index (χ1n) is 3.04. The Morgan fingerprint density at radius 2 is 2.10 bits per heavy atom. The summed E-state index contributed by atoms with van der Waals surface area (Å²) in [5.74, 6) is 0. The zero-order valence-corrected chi connectivity index (χ0v) is 6.26. The van der Waals surface area contributed by atoms with Gasteiger partial charge in [0.15, 0.2) is 0 Å². The van der Waals surface area contributed by atoms with Gasteiger partial charge in [0, 0.05) is 26.2 Å². The number of hydroxylamine groups is 2. The van der Waals surface area contributed by atoms with Crippen LogP contribution in [-0.2, 0) is 15.6 Å². The van der Waals surface area contributed by atoms with Gasteiger partial charge in [0.25, 0.3) is 0 Å². The number of nitrogens with zero attached hydrogens (tertiary/aromatic N) is 1. The molecule has 1 unspecified atom stereocenters. The van der Waals surface area contributed by atoms with Gasteiger partial charge in [0.1, 0.15) is 0 Å². The number of hydrogen-bond acceptors (Lipinski definition) is 4. The predicted octanol–water partition coefficient (Wildman–Crippen LogP) is -1.04. The highest BCUT2D eigenvalue weighted by Crippen LogP contribution is 1.94. The Morgan fingerprint density at radius 1 is 1.50 bits per heavy atom. The molecule has 1 fully saturated rings. The molecule has 0 aromatic carbocycles. The first-order chi connectivity index (χ1) is 4.79. The second kappa shape index (κ2) is 3.99. The SMILES string of the molecule is O=S(O)ON1CCNCC1. The van der Waals surface area contributed by atoms with Gasteiger partial charge in [0.05, 0.1) is 0 Å². The summed E-state index contributed by atoms with van der Waals surface area (Å²) in [6.07, 6.45) is 0. The molecule has 0 amide bonds. The summed E-state index contributed by atoms with van der Waals surface area (Å²) in [6, 6.07) is 0. The van der Waals surface area contributed by atoms with Crippen molar-refractivity contribution in [3.63, 3.8) is 0 Å². The average Bonchev–Trinajstić information content (AvgIpc) is 1.88. The summed E-state index contributed by atoms with van der Waals surface area (Å²) >= 11 is -2.16. The molecule has 1 saturated heterocycles. The lowest BCUT2D eigenvalue weighted by Crippen LogP contribution is -2.43. The van der Waals surface area contributed by atoms with Crippen molar-refractivity contribution in [2.45, 2.75) is 0 Å². The van der Waals surface area contributed by atoms with E-state index in [4.69, 9.17) is 4.55 Å². The topological polar surface area (TPSA) is 61.8 Å². The van der Waals surface area contributed by atoms with Gasteiger partial charge in [-0.05, 0) is 0 Å². The van der Waals surface area contributed by atoms with Gasteiger partial charge >= 0.3 is 11.4 Å². The van der Waals surface area contributed by atoms with Crippen LogP contribution >= 0.6 is 0 Å². The van der Waals surface area contributed by atoms with E-state index in [0.29, 0.717) is 13.1 Å². The molecule has 6 heteroatoms. The molecule has 0 aromatic heterocycles. The molecule has 10 heavy (non-hydrogen) atoms. The van der Waals surface area contributed by atoms with E-state index in [0.717, 1.165) is 13.1 Å². The smallest absolute Gasteiger partial charge is 0.314 e. The van der Waals surface area contributed by atoms with Crippen molar-refractivity contribution in [2.75, 3.05) is 26.2 Å². The van der Waals surface area contributed by atoms with Gasteiger partial charge in [-0.15, -0.1) is 0 Å². The second-order valence-electron chi connectivity index (χ2n) is 1.97. The molecule has 5 nitrogen and oxygen atoms in total. The molecule has 2 N–H and O–H groups in total. The highest BCUT2D eigenvalue weighted by molar-refractivity contribution is 7.74. The van der Waals surface area contributed by atoms with Crippen LogP contribution in [0.1, 0.15) is 0 Å². The maximum Gasteiger partial charge on any atom is 0.319 e. The van der Waals surface area contributed by atoms with Crippen LogP contribution in [0.2, 0.25) is 0 Å². The van der Waals surface area contributed by atoms with Crippen molar-refractivity contribution in [1.82, 2.24) is 10.4 Å².